The minimum atomic E-state index is -0.483. The molecule has 0 radical (unpaired) electrons. The molecule has 1 amide bonds. The topological polar surface area (TPSA) is 91.0 Å². The second-order valence-electron chi connectivity index (χ2n) is 6.55. The Morgan fingerprint density at radius 3 is 2.81 bits per heavy atom. The van der Waals surface area contributed by atoms with Gasteiger partial charge in [0.15, 0.2) is 0 Å². The van der Waals surface area contributed by atoms with E-state index in [-0.39, 0.29) is 24.9 Å². The lowest BCUT2D eigenvalue weighted by Gasteiger charge is -2.24. The number of nitrogens with one attached hydrogen (secondary N) is 2. The second-order valence-corrected chi connectivity index (χ2v) is 6.55. The Kier molecular flexibility index (Phi) is 4.20. The summed E-state index contributed by atoms with van der Waals surface area (Å²) in [7, 11) is 0. The Hall–Kier alpha value is -3.09. The minimum absolute atomic E-state index is 0.0179. The van der Waals surface area contributed by atoms with Gasteiger partial charge in [-0.3, -0.25) is 19.1 Å². The molecule has 134 valence electrons. The number of hydrogen-bond donors (Lipinski definition) is 2. The summed E-state index contributed by atoms with van der Waals surface area (Å²) < 4.78 is 1.47. The van der Waals surface area contributed by atoms with Crippen molar-refractivity contribution in [3.05, 3.63) is 69.1 Å². The van der Waals surface area contributed by atoms with Gasteiger partial charge in [0.1, 0.15) is 0 Å². The van der Waals surface area contributed by atoms with E-state index in [4.69, 9.17) is 0 Å². The summed E-state index contributed by atoms with van der Waals surface area (Å²) in [6, 6.07) is 10.9. The van der Waals surface area contributed by atoms with Crippen LogP contribution in [0.15, 0.2) is 52.2 Å². The molecular weight excluding hydrogens is 332 g/mol. The first-order chi connectivity index (χ1) is 12.6. The fourth-order valence-electron chi connectivity index (χ4n) is 3.76. The van der Waals surface area contributed by atoms with Crippen molar-refractivity contribution in [3.8, 4) is 0 Å². The van der Waals surface area contributed by atoms with Crippen LogP contribution in [-0.4, -0.2) is 31.9 Å². The lowest BCUT2D eigenvalue weighted by atomic mass is 10.1. The van der Waals surface area contributed by atoms with E-state index in [1.807, 2.05) is 23.2 Å². The number of H-pyrrole nitrogens is 2. The van der Waals surface area contributed by atoms with Crippen LogP contribution >= 0.6 is 0 Å². The molecule has 2 N–H and O–H groups in total. The Morgan fingerprint density at radius 1 is 1.15 bits per heavy atom. The summed E-state index contributed by atoms with van der Waals surface area (Å²) >= 11 is 0. The molecule has 1 aromatic carbocycles. The fourth-order valence-corrected chi connectivity index (χ4v) is 3.76. The number of nitrogens with zero attached hydrogens (tertiary/aromatic N) is 2. The van der Waals surface area contributed by atoms with E-state index >= 15 is 0 Å². The van der Waals surface area contributed by atoms with Gasteiger partial charge in [-0.15, -0.1) is 0 Å². The summed E-state index contributed by atoms with van der Waals surface area (Å²) in [6.07, 6.45) is 3.99. The molecule has 3 aromatic rings. The number of rotatable bonds is 4. The second kappa shape index (κ2) is 6.67. The molecule has 1 fully saturated rings. The third-order valence-corrected chi connectivity index (χ3v) is 5.01. The van der Waals surface area contributed by atoms with Crippen molar-refractivity contribution in [3.63, 3.8) is 0 Å². The molecule has 4 rings (SSSR count). The van der Waals surface area contributed by atoms with Crippen molar-refractivity contribution in [1.82, 2.24) is 19.4 Å². The van der Waals surface area contributed by atoms with Crippen LogP contribution in [0.1, 0.15) is 31.0 Å². The van der Waals surface area contributed by atoms with Gasteiger partial charge in [-0.25, -0.2) is 4.79 Å². The molecule has 2 aromatic heterocycles. The Labute approximate surface area is 149 Å². The summed E-state index contributed by atoms with van der Waals surface area (Å²) in [5.41, 5.74) is 0.710. The molecule has 3 heterocycles. The number of benzene rings is 1. The van der Waals surface area contributed by atoms with Gasteiger partial charge in [0, 0.05) is 31.4 Å². The fraction of sp³-hybridized carbons (Fsp3) is 0.316. The number of aryl methyl sites for hydroxylation is 1. The van der Waals surface area contributed by atoms with Crippen LogP contribution in [0.3, 0.4) is 0 Å². The van der Waals surface area contributed by atoms with E-state index in [1.165, 1.54) is 4.57 Å². The Bertz CT molecular complexity index is 1050. The number of hydrogen-bond acceptors (Lipinski definition) is 3. The van der Waals surface area contributed by atoms with Crippen LogP contribution in [0.5, 0.6) is 0 Å². The average molecular weight is 352 g/mol. The van der Waals surface area contributed by atoms with Gasteiger partial charge in [-0.2, -0.15) is 0 Å². The lowest BCUT2D eigenvalue weighted by molar-refractivity contribution is -0.132. The van der Waals surface area contributed by atoms with Crippen molar-refractivity contribution >= 4 is 16.8 Å². The normalized spacial score (nSPS) is 17.1. The highest BCUT2D eigenvalue weighted by Crippen LogP contribution is 2.31. The molecular formula is C19H20N4O3. The van der Waals surface area contributed by atoms with E-state index < -0.39 is 11.2 Å². The number of aromatic nitrogens is 3. The highest BCUT2D eigenvalue weighted by Gasteiger charge is 2.30. The number of para-hydroxylation sites is 1. The number of aromatic amines is 2. The third-order valence-electron chi connectivity index (χ3n) is 5.01. The monoisotopic (exact) mass is 352 g/mol. The van der Waals surface area contributed by atoms with Gasteiger partial charge < -0.3 is 9.88 Å². The number of carbonyl (C=O) groups is 1. The van der Waals surface area contributed by atoms with E-state index in [1.54, 1.807) is 24.3 Å². The van der Waals surface area contributed by atoms with Crippen molar-refractivity contribution in [2.45, 2.75) is 31.8 Å². The van der Waals surface area contributed by atoms with E-state index in [9.17, 15) is 14.4 Å². The maximum atomic E-state index is 12.8. The summed E-state index contributed by atoms with van der Waals surface area (Å²) in [6.45, 7) is 0.965. The van der Waals surface area contributed by atoms with Gasteiger partial charge >= 0.3 is 5.69 Å². The van der Waals surface area contributed by atoms with Crippen molar-refractivity contribution < 1.29 is 4.79 Å². The van der Waals surface area contributed by atoms with E-state index in [2.05, 4.69) is 9.97 Å². The van der Waals surface area contributed by atoms with Crippen LogP contribution in [0.4, 0.5) is 0 Å². The minimum Gasteiger partial charge on any atom is -0.363 e. The lowest BCUT2D eigenvalue weighted by Crippen LogP contribution is -2.34. The Balaban J connectivity index is 1.56. The predicted octanol–water partition coefficient (Wildman–Crippen LogP) is 1.77. The van der Waals surface area contributed by atoms with Crippen molar-refractivity contribution in [2.75, 3.05) is 6.54 Å². The van der Waals surface area contributed by atoms with Crippen molar-refractivity contribution in [2.24, 2.45) is 0 Å². The molecule has 1 atom stereocenters. The van der Waals surface area contributed by atoms with Crippen molar-refractivity contribution in [1.29, 1.82) is 0 Å². The van der Waals surface area contributed by atoms with Crippen LogP contribution in [0.2, 0.25) is 0 Å². The maximum absolute atomic E-state index is 12.8. The molecule has 0 spiro atoms. The molecule has 7 nitrogen and oxygen atoms in total. The molecule has 1 unspecified atom stereocenters. The zero-order valence-corrected chi connectivity index (χ0v) is 14.3. The maximum Gasteiger partial charge on any atom is 0.328 e. The van der Waals surface area contributed by atoms with Gasteiger partial charge in [-0.05, 0) is 37.1 Å². The van der Waals surface area contributed by atoms with Crippen LogP contribution in [0.25, 0.3) is 10.9 Å². The summed E-state index contributed by atoms with van der Waals surface area (Å²) in [4.78, 5) is 44.3. The van der Waals surface area contributed by atoms with Gasteiger partial charge in [0.25, 0.3) is 5.56 Å². The van der Waals surface area contributed by atoms with E-state index in [0.717, 1.165) is 25.1 Å². The summed E-state index contributed by atoms with van der Waals surface area (Å²) in [5, 5.41) is 0.449. The number of carbonyl (C=O) groups excluding carboxylic acids is 1. The van der Waals surface area contributed by atoms with Gasteiger partial charge in [0.05, 0.1) is 16.9 Å². The largest absolute Gasteiger partial charge is 0.363 e. The molecule has 7 heteroatoms. The SMILES string of the molecule is O=C(CCn1c(=O)[nH]c(=O)c2ccccc21)N1CCCC1c1ccc[nH]1. The summed E-state index contributed by atoms with van der Waals surface area (Å²) in [5.74, 6) is 0.0179. The number of likely N-dealkylation sites (tertiary alicyclic amines) is 1. The molecule has 1 aliphatic heterocycles. The molecule has 1 aliphatic rings. The molecule has 26 heavy (non-hydrogen) atoms. The van der Waals surface area contributed by atoms with E-state index in [0.29, 0.717) is 10.9 Å². The molecule has 1 saturated heterocycles. The average Bonchev–Trinajstić information content (AvgIpc) is 3.32. The third kappa shape index (κ3) is 2.85. The molecule has 0 saturated carbocycles. The smallest absolute Gasteiger partial charge is 0.328 e. The van der Waals surface area contributed by atoms with Gasteiger partial charge in [0.2, 0.25) is 5.91 Å². The van der Waals surface area contributed by atoms with Gasteiger partial charge in [-0.1, -0.05) is 12.1 Å². The first kappa shape index (κ1) is 16.4. The highest BCUT2D eigenvalue weighted by atomic mass is 16.2. The standard InChI is InChI=1S/C19H20N4O3/c24-17(22-11-4-8-16(22)14-6-3-10-20-14)9-12-23-15-7-2-1-5-13(15)18(25)21-19(23)26/h1-3,5-7,10,16,20H,4,8-9,11-12H2,(H,21,25,26). The van der Waals surface area contributed by atoms with Crippen LogP contribution in [0, 0.1) is 0 Å². The first-order valence-corrected chi connectivity index (χ1v) is 8.80. The highest BCUT2D eigenvalue weighted by molar-refractivity contribution is 5.79. The van der Waals surface area contributed by atoms with Crippen LogP contribution < -0.4 is 11.2 Å². The predicted molar refractivity (Wildman–Crippen MR) is 97.9 cm³/mol. The quantitative estimate of drug-likeness (QED) is 0.750. The number of fused-ring (bicyclic) bond motifs is 1. The Morgan fingerprint density at radius 2 is 2.00 bits per heavy atom. The molecule has 0 aliphatic carbocycles. The number of amides is 1. The zero-order valence-electron chi connectivity index (χ0n) is 14.3. The molecule has 0 bridgehead atoms. The van der Waals surface area contributed by atoms with Crippen LogP contribution in [-0.2, 0) is 11.3 Å². The first-order valence-electron chi connectivity index (χ1n) is 8.80. The zero-order chi connectivity index (χ0) is 18.1.